The molecule has 4 aliphatic rings. The van der Waals surface area contributed by atoms with Gasteiger partial charge in [0.2, 0.25) is 0 Å². The van der Waals surface area contributed by atoms with E-state index >= 15 is 0 Å². The molecular formula is C23H38O6S. The number of rotatable bonds is 6. The van der Waals surface area contributed by atoms with Crippen molar-refractivity contribution in [1.82, 2.24) is 0 Å². The molecule has 0 N–H and O–H groups in total. The lowest BCUT2D eigenvalue weighted by Crippen LogP contribution is -2.57. The van der Waals surface area contributed by atoms with E-state index in [1.165, 1.54) is 0 Å². The van der Waals surface area contributed by atoms with E-state index in [1.807, 2.05) is 0 Å². The van der Waals surface area contributed by atoms with Gasteiger partial charge < -0.3 is 9.47 Å². The van der Waals surface area contributed by atoms with Crippen LogP contribution in [0.2, 0.25) is 0 Å². The van der Waals surface area contributed by atoms with E-state index in [2.05, 4.69) is 13.8 Å². The number of hydrogen-bond donors (Lipinski definition) is 0. The lowest BCUT2D eigenvalue weighted by Gasteiger charge is -2.62. The van der Waals surface area contributed by atoms with Crippen molar-refractivity contribution in [2.75, 3.05) is 26.8 Å². The van der Waals surface area contributed by atoms with Crippen LogP contribution in [0.1, 0.15) is 65.2 Å². The average molecular weight is 443 g/mol. The minimum absolute atomic E-state index is 0.0940. The molecule has 6 nitrogen and oxygen atoms in total. The van der Waals surface area contributed by atoms with Crippen molar-refractivity contribution in [2.45, 2.75) is 71.3 Å². The SMILES string of the molecule is COCO[C@H]1CC[C@H]2[C@@H]3[C@H](COS(C)(=O)=O)C[C@H]4CC(=O)CC[C@]4(C)[C@H]3CC[C@]12C. The van der Waals surface area contributed by atoms with Crippen LogP contribution in [-0.2, 0) is 28.6 Å². The predicted molar refractivity (Wildman–Crippen MR) is 113 cm³/mol. The van der Waals surface area contributed by atoms with E-state index in [0.717, 1.165) is 44.8 Å². The molecule has 172 valence electrons. The van der Waals surface area contributed by atoms with Crippen molar-refractivity contribution in [3.05, 3.63) is 0 Å². The van der Waals surface area contributed by atoms with Crippen LogP contribution in [0.5, 0.6) is 0 Å². The lowest BCUT2D eigenvalue weighted by atomic mass is 9.43. The summed E-state index contributed by atoms with van der Waals surface area (Å²) in [5.74, 6) is 2.35. The first-order chi connectivity index (χ1) is 14.1. The molecule has 30 heavy (non-hydrogen) atoms. The van der Waals surface area contributed by atoms with Crippen LogP contribution in [0.25, 0.3) is 0 Å². The molecule has 0 radical (unpaired) electrons. The average Bonchev–Trinajstić information content (AvgIpc) is 3.01. The molecule has 4 rings (SSSR count). The maximum Gasteiger partial charge on any atom is 0.264 e. The summed E-state index contributed by atoms with van der Waals surface area (Å²) in [4.78, 5) is 12.3. The third kappa shape index (κ3) is 3.89. The molecule has 0 amide bonds. The molecule has 0 aliphatic heterocycles. The van der Waals surface area contributed by atoms with Crippen LogP contribution >= 0.6 is 0 Å². The third-order valence-electron chi connectivity index (χ3n) is 9.46. The van der Waals surface area contributed by atoms with Gasteiger partial charge in [-0.2, -0.15) is 8.42 Å². The summed E-state index contributed by atoms with van der Waals surface area (Å²) in [6, 6.07) is 0. The van der Waals surface area contributed by atoms with Gasteiger partial charge >= 0.3 is 0 Å². The van der Waals surface area contributed by atoms with Crippen LogP contribution in [0.4, 0.5) is 0 Å². The van der Waals surface area contributed by atoms with E-state index in [1.54, 1.807) is 7.11 Å². The van der Waals surface area contributed by atoms with Crippen LogP contribution in [0, 0.1) is 40.4 Å². The number of hydrogen-bond acceptors (Lipinski definition) is 6. The van der Waals surface area contributed by atoms with Crippen LogP contribution in [-0.4, -0.2) is 47.1 Å². The fourth-order valence-corrected chi connectivity index (χ4v) is 8.40. The Kier molecular flexibility index (Phi) is 6.14. The Balaban J connectivity index is 1.65. The number of ether oxygens (including phenoxy) is 2. The Hall–Kier alpha value is -0.500. The molecule has 7 heteroatoms. The molecule has 0 unspecified atom stereocenters. The monoisotopic (exact) mass is 442 g/mol. The van der Waals surface area contributed by atoms with Crippen molar-refractivity contribution in [2.24, 2.45) is 40.4 Å². The Labute approximate surface area is 181 Å². The van der Waals surface area contributed by atoms with Crippen molar-refractivity contribution in [1.29, 1.82) is 0 Å². The maximum absolute atomic E-state index is 12.3. The second-order valence-electron chi connectivity index (χ2n) is 10.9. The van der Waals surface area contributed by atoms with Crippen LogP contribution < -0.4 is 0 Å². The second kappa shape index (κ2) is 8.13. The number of methoxy groups -OCH3 is 1. The summed E-state index contributed by atoms with van der Waals surface area (Å²) in [7, 11) is -1.82. The highest BCUT2D eigenvalue weighted by atomic mass is 32.2. The summed E-state index contributed by atoms with van der Waals surface area (Å²) in [6.45, 7) is 5.35. The summed E-state index contributed by atoms with van der Waals surface area (Å²) in [6.07, 6.45) is 8.95. The minimum atomic E-state index is -3.48. The van der Waals surface area contributed by atoms with Gasteiger partial charge in [0.25, 0.3) is 10.1 Å². The first-order valence-corrected chi connectivity index (χ1v) is 13.4. The molecule has 0 saturated heterocycles. The zero-order valence-electron chi connectivity index (χ0n) is 18.9. The zero-order valence-corrected chi connectivity index (χ0v) is 19.7. The van der Waals surface area contributed by atoms with E-state index in [4.69, 9.17) is 13.7 Å². The number of Topliss-reactive ketones (excluding diaryl/α,β-unsaturated/α-hetero) is 1. The molecule has 0 spiro atoms. The Morgan fingerprint density at radius 1 is 1.07 bits per heavy atom. The van der Waals surface area contributed by atoms with Gasteiger partial charge in [-0.3, -0.25) is 8.98 Å². The fourth-order valence-electron chi connectivity index (χ4n) is 7.97. The van der Waals surface area contributed by atoms with Gasteiger partial charge in [-0.25, -0.2) is 0 Å². The molecule has 4 fully saturated rings. The summed E-state index contributed by atoms with van der Waals surface area (Å²) < 4.78 is 40.2. The topological polar surface area (TPSA) is 78.9 Å². The highest BCUT2D eigenvalue weighted by Crippen LogP contribution is 2.67. The van der Waals surface area contributed by atoms with E-state index < -0.39 is 10.1 Å². The molecule has 8 atom stereocenters. The second-order valence-corrected chi connectivity index (χ2v) is 12.5. The Morgan fingerprint density at radius 2 is 1.80 bits per heavy atom. The smallest absolute Gasteiger partial charge is 0.264 e. The largest absolute Gasteiger partial charge is 0.359 e. The van der Waals surface area contributed by atoms with E-state index in [-0.39, 0.29) is 29.5 Å². The van der Waals surface area contributed by atoms with Gasteiger partial charge in [0, 0.05) is 20.0 Å². The van der Waals surface area contributed by atoms with Gasteiger partial charge in [0.15, 0.2) is 0 Å². The zero-order chi connectivity index (χ0) is 21.7. The van der Waals surface area contributed by atoms with Gasteiger partial charge in [-0.1, -0.05) is 13.8 Å². The molecule has 0 aromatic rings. The number of ketones is 1. The number of carbonyl (C=O) groups excluding carboxylic acids is 1. The molecule has 0 bridgehead atoms. The van der Waals surface area contributed by atoms with Crippen LogP contribution in [0.15, 0.2) is 0 Å². The molecule has 4 saturated carbocycles. The van der Waals surface area contributed by atoms with E-state index in [9.17, 15) is 13.2 Å². The van der Waals surface area contributed by atoms with Gasteiger partial charge in [-0.05, 0) is 78.9 Å². The summed E-state index contributed by atoms with van der Waals surface area (Å²) in [5.41, 5.74) is 0.268. The first-order valence-electron chi connectivity index (χ1n) is 11.5. The quantitative estimate of drug-likeness (QED) is 0.460. The highest BCUT2D eigenvalue weighted by molar-refractivity contribution is 7.85. The Morgan fingerprint density at radius 3 is 2.50 bits per heavy atom. The van der Waals surface area contributed by atoms with E-state index in [0.29, 0.717) is 49.1 Å². The molecule has 0 aromatic carbocycles. The highest BCUT2D eigenvalue weighted by Gasteiger charge is 2.63. The third-order valence-corrected chi connectivity index (χ3v) is 10.0. The standard InChI is InChI=1S/C23H38O6S/c1-22-9-7-17(24)12-16(22)11-15(13-29-30(4,25)26)21-18-5-6-20(28-14-27-3)23(18,2)10-8-19(21)22/h15-16,18-21H,5-14H2,1-4H3/t15-,16-,18-,19-,20-,21-,22-,23-/m0/s1. The van der Waals surface area contributed by atoms with Crippen molar-refractivity contribution < 1.29 is 26.9 Å². The maximum atomic E-state index is 12.3. The summed E-state index contributed by atoms with van der Waals surface area (Å²) >= 11 is 0. The van der Waals surface area contributed by atoms with Gasteiger partial charge in [0.1, 0.15) is 12.6 Å². The minimum Gasteiger partial charge on any atom is -0.359 e. The van der Waals surface area contributed by atoms with Gasteiger partial charge in [-0.15, -0.1) is 0 Å². The van der Waals surface area contributed by atoms with Crippen molar-refractivity contribution >= 4 is 15.9 Å². The number of carbonyl (C=O) groups is 1. The van der Waals surface area contributed by atoms with Crippen molar-refractivity contribution in [3.63, 3.8) is 0 Å². The normalized spacial score (nSPS) is 46.2. The molecule has 4 aliphatic carbocycles. The number of fused-ring (bicyclic) bond motifs is 5. The predicted octanol–water partition coefficient (Wildman–Crippen LogP) is 3.79. The lowest BCUT2D eigenvalue weighted by molar-refractivity contribution is -0.173. The first kappa shape index (κ1) is 22.7. The fraction of sp³-hybridized carbons (Fsp3) is 0.957. The Bertz CT molecular complexity index is 766. The van der Waals surface area contributed by atoms with Crippen LogP contribution in [0.3, 0.4) is 0 Å². The molecular weight excluding hydrogens is 404 g/mol. The summed E-state index contributed by atoms with van der Waals surface area (Å²) in [5, 5.41) is 0. The van der Waals surface area contributed by atoms with Gasteiger partial charge in [0.05, 0.1) is 19.0 Å². The molecule has 0 heterocycles. The molecule has 0 aromatic heterocycles. The van der Waals surface area contributed by atoms with Crippen molar-refractivity contribution in [3.8, 4) is 0 Å².